The van der Waals surface area contributed by atoms with Crippen molar-refractivity contribution in [3.8, 4) is 23.0 Å². The molecule has 1 aliphatic carbocycles. The maximum absolute atomic E-state index is 13.8. The van der Waals surface area contributed by atoms with Crippen molar-refractivity contribution in [3.05, 3.63) is 65.1 Å². The van der Waals surface area contributed by atoms with Crippen molar-refractivity contribution in [2.75, 3.05) is 6.61 Å². The number of rotatable bonds is 12. The van der Waals surface area contributed by atoms with Crippen LogP contribution in [0.2, 0.25) is 0 Å². The molecule has 2 aromatic carbocycles. The number of alkyl halides is 2. The summed E-state index contributed by atoms with van der Waals surface area (Å²) in [5, 5.41) is 7.20. The van der Waals surface area contributed by atoms with Crippen molar-refractivity contribution in [1.29, 1.82) is 0 Å². The van der Waals surface area contributed by atoms with Gasteiger partial charge in [0, 0.05) is 35.9 Å². The zero-order valence-corrected chi connectivity index (χ0v) is 21.1. The SMILES string of the molecule is NCc1oc(-c2ccc(OC(F)F)c(OCC3CC3)c2)nc1C(=O)NCc1ccc(F)cc1F.NSNC=O. The van der Waals surface area contributed by atoms with Gasteiger partial charge in [0.15, 0.2) is 23.0 Å². The number of benzene rings is 2. The summed E-state index contributed by atoms with van der Waals surface area (Å²) in [4.78, 5) is 26.0. The second kappa shape index (κ2) is 14.4. The van der Waals surface area contributed by atoms with E-state index < -0.39 is 24.2 Å². The van der Waals surface area contributed by atoms with Crippen molar-refractivity contribution < 1.29 is 41.0 Å². The van der Waals surface area contributed by atoms with Crippen LogP contribution < -0.4 is 30.4 Å². The lowest BCUT2D eigenvalue weighted by molar-refractivity contribution is -0.107. The number of hydrogen-bond donors (Lipinski definition) is 4. The molecule has 0 saturated heterocycles. The maximum atomic E-state index is 13.8. The van der Waals surface area contributed by atoms with Crippen molar-refractivity contribution >= 4 is 24.5 Å². The Labute approximate surface area is 224 Å². The van der Waals surface area contributed by atoms with Crippen molar-refractivity contribution in [2.24, 2.45) is 16.8 Å². The van der Waals surface area contributed by atoms with E-state index in [0.29, 0.717) is 30.6 Å². The fourth-order valence-corrected chi connectivity index (χ4v) is 3.24. The molecule has 3 aromatic rings. The van der Waals surface area contributed by atoms with Crippen molar-refractivity contribution in [1.82, 2.24) is 15.0 Å². The fourth-order valence-electron chi connectivity index (χ4n) is 3.18. The molecule has 0 unspecified atom stereocenters. The standard InChI is InChI=1S/C23H21F4N3O4.CH4N2OS/c24-15-5-3-14(16(25)8-15)10-29-21(31)20-19(9-28)33-22(30-20)13-4-6-17(34-23(26)27)18(7-13)32-11-12-1-2-12;2-5-3-1-4/h3-8,12,23H,1-2,9-11,28H2,(H,29,31);1H,2H2,(H,3,4). The van der Waals surface area contributed by atoms with Gasteiger partial charge in [0.05, 0.1) is 13.2 Å². The van der Waals surface area contributed by atoms with Gasteiger partial charge in [-0.1, -0.05) is 6.07 Å². The molecule has 10 nitrogen and oxygen atoms in total. The highest BCUT2D eigenvalue weighted by molar-refractivity contribution is 7.95. The average molecular weight is 572 g/mol. The first-order valence-electron chi connectivity index (χ1n) is 11.4. The molecule has 210 valence electrons. The second-order valence-electron chi connectivity index (χ2n) is 8.06. The molecule has 6 N–H and O–H groups in total. The number of halogens is 4. The summed E-state index contributed by atoms with van der Waals surface area (Å²) in [6, 6.07) is 7.17. The Kier molecular flexibility index (Phi) is 11.0. The first-order chi connectivity index (χ1) is 18.7. The Balaban J connectivity index is 0.000000771. The summed E-state index contributed by atoms with van der Waals surface area (Å²) in [7, 11) is 0. The van der Waals surface area contributed by atoms with E-state index >= 15 is 0 Å². The van der Waals surface area contributed by atoms with Gasteiger partial charge < -0.3 is 24.9 Å². The van der Waals surface area contributed by atoms with E-state index in [4.69, 9.17) is 20.0 Å². The normalized spacial score (nSPS) is 12.4. The van der Waals surface area contributed by atoms with E-state index in [1.165, 1.54) is 24.3 Å². The van der Waals surface area contributed by atoms with Crippen molar-refractivity contribution in [2.45, 2.75) is 32.5 Å². The summed E-state index contributed by atoms with van der Waals surface area (Å²) in [6.45, 7) is -3.04. The summed E-state index contributed by atoms with van der Waals surface area (Å²) in [5.41, 5.74) is 6.00. The van der Waals surface area contributed by atoms with Gasteiger partial charge in [0.1, 0.15) is 11.6 Å². The molecule has 0 aliphatic heterocycles. The third-order valence-corrected chi connectivity index (χ3v) is 5.48. The third kappa shape index (κ3) is 8.87. The number of nitrogens with zero attached hydrogens (tertiary/aromatic N) is 1. The number of aromatic nitrogens is 1. The minimum Gasteiger partial charge on any atom is -0.489 e. The van der Waals surface area contributed by atoms with Crippen LogP contribution >= 0.6 is 12.1 Å². The molecule has 1 aromatic heterocycles. The predicted molar refractivity (Wildman–Crippen MR) is 133 cm³/mol. The number of carbonyl (C=O) groups excluding carboxylic acids is 2. The van der Waals surface area contributed by atoms with Crippen molar-refractivity contribution in [3.63, 3.8) is 0 Å². The molecule has 1 aliphatic rings. The van der Waals surface area contributed by atoms with Gasteiger partial charge in [0.25, 0.3) is 5.91 Å². The molecule has 4 rings (SSSR count). The minimum atomic E-state index is -3.03. The molecule has 0 bridgehead atoms. The zero-order valence-electron chi connectivity index (χ0n) is 20.3. The number of nitrogens with one attached hydrogen (secondary N) is 2. The molecule has 1 heterocycles. The average Bonchev–Trinajstić information content (AvgIpc) is 3.63. The highest BCUT2D eigenvalue weighted by Gasteiger charge is 2.25. The van der Waals surface area contributed by atoms with Crippen LogP contribution in [0.25, 0.3) is 11.5 Å². The highest BCUT2D eigenvalue weighted by atomic mass is 32.2. The van der Waals surface area contributed by atoms with Crippen LogP contribution in [0.4, 0.5) is 17.6 Å². The van der Waals surface area contributed by atoms with Crippen LogP contribution in [0.1, 0.15) is 34.7 Å². The van der Waals surface area contributed by atoms with Gasteiger partial charge in [-0.15, -0.1) is 0 Å². The molecule has 2 amide bonds. The van der Waals surface area contributed by atoms with Crippen LogP contribution in [0.3, 0.4) is 0 Å². The number of ether oxygens (including phenoxy) is 2. The Morgan fingerprint density at radius 3 is 2.56 bits per heavy atom. The lowest BCUT2D eigenvalue weighted by atomic mass is 10.2. The molecule has 0 atom stereocenters. The lowest BCUT2D eigenvalue weighted by Gasteiger charge is -2.12. The number of amides is 2. The van der Waals surface area contributed by atoms with Gasteiger partial charge in [-0.2, -0.15) is 8.78 Å². The van der Waals surface area contributed by atoms with E-state index in [9.17, 15) is 27.2 Å². The molecule has 15 heteroatoms. The quantitative estimate of drug-likeness (QED) is 0.145. The van der Waals surface area contributed by atoms with Gasteiger partial charge in [-0.25, -0.2) is 13.8 Å². The van der Waals surface area contributed by atoms with E-state index in [1.807, 2.05) is 0 Å². The molecular formula is C24H25F4N5O5S. The zero-order chi connectivity index (χ0) is 28.4. The highest BCUT2D eigenvalue weighted by Crippen LogP contribution is 2.36. The molecule has 1 fully saturated rings. The van der Waals surface area contributed by atoms with Gasteiger partial charge in [-0.05, 0) is 43.0 Å². The summed E-state index contributed by atoms with van der Waals surface area (Å²) >= 11 is 0.784. The van der Waals surface area contributed by atoms with Gasteiger partial charge in [-0.3, -0.25) is 19.5 Å². The van der Waals surface area contributed by atoms with Crippen LogP contribution in [-0.4, -0.2) is 30.5 Å². The maximum Gasteiger partial charge on any atom is 0.387 e. The smallest absolute Gasteiger partial charge is 0.387 e. The number of hydrogen-bond acceptors (Lipinski definition) is 9. The largest absolute Gasteiger partial charge is 0.489 e. The summed E-state index contributed by atoms with van der Waals surface area (Å²) in [5.74, 6) is -1.80. The van der Waals surface area contributed by atoms with Crippen LogP contribution in [0.5, 0.6) is 11.5 Å². The Hall–Kier alpha value is -3.82. The van der Waals surface area contributed by atoms with Crippen LogP contribution in [-0.2, 0) is 17.9 Å². The summed E-state index contributed by atoms with van der Waals surface area (Å²) < 4.78 is 70.3. The molecule has 0 radical (unpaired) electrons. The third-order valence-electron chi connectivity index (χ3n) is 5.25. The van der Waals surface area contributed by atoms with Gasteiger partial charge >= 0.3 is 6.61 Å². The van der Waals surface area contributed by atoms with E-state index in [1.54, 1.807) is 0 Å². The fraction of sp³-hybridized carbons (Fsp3) is 0.292. The van der Waals surface area contributed by atoms with Gasteiger partial charge in [0.2, 0.25) is 12.3 Å². The molecule has 0 spiro atoms. The Bertz CT molecular complexity index is 1280. The molecule has 39 heavy (non-hydrogen) atoms. The predicted octanol–water partition coefficient (Wildman–Crippen LogP) is 3.65. The first kappa shape index (κ1) is 29.7. The monoisotopic (exact) mass is 571 g/mol. The minimum absolute atomic E-state index is 0.0124. The summed E-state index contributed by atoms with van der Waals surface area (Å²) in [6.07, 6.45) is 2.53. The van der Waals surface area contributed by atoms with E-state index in [-0.39, 0.29) is 47.5 Å². The number of oxazole rings is 1. The molecular weight excluding hydrogens is 546 g/mol. The van der Waals surface area contributed by atoms with E-state index in [0.717, 1.165) is 31.0 Å². The topological polar surface area (TPSA) is 155 Å². The van der Waals surface area contributed by atoms with E-state index in [2.05, 4.69) is 19.8 Å². The Morgan fingerprint density at radius 1 is 1.21 bits per heavy atom. The number of nitrogens with two attached hydrogens (primary N) is 2. The lowest BCUT2D eigenvalue weighted by Crippen LogP contribution is -2.25. The number of carbonyl (C=O) groups is 2. The second-order valence-corrected chi connectivity index (χ2v) is 8.53. The van der Waals surface area contributed by atoms with Crippen LogP contribution in [0, 0.1) is 17.6 Å². The molecule has 1 saturated carbocycles. The van der Waals surface area contributed by atoms with Crippen LogP contribution in [0.15, 0.2) is 40.8 Å². The Morgan fingerprint density at radius 2 is 1.97 bits per heavy atom. The first-order valence-corrected chi connectivity index (χ1v) is 12.3.